The Morgan fingerprint density at radius 3 is 2.92 bits per heavy atom. The standard InChI is InChI=1S/C11H20O/c1-4-11-6-5-9(2)10(3,7-11)12-8-11/h9H,4-8H2,1-3H3. The molecule has 1 heterocycles. The second kappa shape index (κ2) is 2.47. The van der Waals surface area contributed by atoms with E-state index >= 15 is 0 Å². The van der Waals surface area contributed by atoms with Gasteiger partial charge in [-0.1, -0.05) is 13.8 Å². The van der Waals surface area contributed by atoms with Crippen LogP contribution in [0.15, 0.2) is 0 Å². The van der Waals surface area contributed by atoms with Gasteiger partial charge in [-0.3, -0.25) is 0 Å². The second-order valence-corrected chi connectivity index (χ2v) is 5.07. The van der Waals surface area contributed by atoms with Gasteiger partial charge in [0.05, 0.1) is 12.2 Å². The first kappa shape index (κ1) is 8.55. The van der Waals surface area contributed by atoms with Crippen LogP contribution in [0.5, 0.6) is 0 Å². The third-order valence-electron chi connectivity index (χ3n) is 4.33. The average molecular weight is 168 g/mol. The fourth-order valence-corrected chi connectivity index (χ4v) is 2.87. The van der Waals surface area contributed by atoms with Crippen LogP contribution in [0.4, 0.5) is 0 Å². The van der Waals surface area contributed by atoms with Crippen LogP contribution >= 0.6 is 0 Å². The van der Waals surface area contributed by atoms with Crippen LogP contribution < -0.4 is 0 Å². The van der Waals surface area contributed by atoms with Crippen LogP contribution in [0.25, 0.3) is 0 Å². The van der Waals surface area contributed by atoms with Crippen molar-refractivity contribution >= 4 is 0 Å². The van der Waals surface area contributed by atoms with Crippen LogP contribution in [-0.2, 0) is 4.74 Å². The van der Waals surface area contributed by atoms with Crippen LogP contribution in [0.1, 0.15) is 46.5 Å². The summed E-state index contributed by atoms with van der Waals surface area (Å²) in [6.45, 7) is 7.97. The minimum Gasteiger partial charge on any atom is -0.374 e. The van der Waals surface area contributed by atoms with E-state index in [0.29, 0.717) is 5.41 Å². The van der Waals surface area contributed by atoms with Crippen LogP contribution in [-0.4, -0.2) is 12.2 Å². The van der Waals surface area contributed by atoms with Crippen molar-refractivity contribution in [3.05, 3.63) is 0 Å². The van der Waals surface area contributed by atoms with Gasteiger partial charge < -0.3 is 4.74 Å². The Kier molecular flexibility index (Phi) is 1.76. The molecule has 0 N–H and O–H groups in total. The van der Waals surface area contributed by atoms with Crippen molar-refractivity contribution in [3.63, 3.8) is 0 Å². The SMILES string of the molecule is CCC12CCC(C)C(C)(C1)OC2. The van der Waals surface area contributed by atoms with Crippen molar-refractivity contribution in [2.75, 3.05) is 6.61 Å². The molecule has 0 aromatic carbocycles. The van der Waals surface area contributed by atoms with Crippen LogP contribution in [0.3, 0.4) is 0 Å². The summed E-state index contributed by atoms with van der Waals surface area (Å²) in [5.41, 5.74) is 0.773. The summed E-state index contributed by atoms with van der Waals surface area (Å²) in [5, 5.41) is 0. The highest BCUT2D eigenvalue weighted by Gasteiger charge is 2.51. The van der Waals surface area contributed by atoms with E-state index in [1.165, 1.54) is 25.7 Å². The first-order valence-corrected chi connectivity index (χ1v) is 5.24. The lowest BCUT2D eigenvalue weighted by Gasteiger charge is -2.39. The van der Waals surface area contributed by atoms with Gasteiger partial charge in [0.25, 0.3) is 0 Å². The maximum atomic E-state index is 5.97. The Hall–Kier alpha value is -0.0400. The number of fused-ring (bicyclic) bond motifs is 2. The summed E-state index contributed by atoms with van der Waals surface area (Å²) in [5.74, 6) is 0.764. The van der Waals surface area contributed by atoms with Gasteiger partial charge in [-0.2, -0.15) is 0 Å². The molecule has 0 amide bonds. The van der Waals surface area contributed by atoms with Crippen LogP contribution in [0.2, 0.25) is 0 Å². The van der Waals surface area contributed by atoms with Gasteiger partial charge in [0.1, 0.15) is 0 Å². The molecule has 70 valence electrons. The molecule has 0 spiro atoms. The lowest BCUT2D eigenvalue weighted by Crippen LogP contribution is -2.37. The van der Waals surface area contributed by atoms with E-state index in [4.69, 9.17) is 4.74 Å². The lowest BCUT2D eigenvalue weighted by molar-refractivity contribution is -0.0233. The summed E-state index contributed by atoms with van der Waals surface area (Å²) < 4.78 is 5.97. The molecule has 1 aliphatic carbocycles. The molecule has 3 atom stereocenters. The quantitative estimate of drug-likeness (QED) is 0.585. The summed E-state index contributed by atoms with van der Waals surface area (Å²) in [7, 11) is 0. The van der Waals surface area contributed by atoms with Crippen LogP contribution in [0, 0.1) is 11.3 Å². The predicted octanol–water partition coefficient (Wildman–Crippen LogP) is 2.99. The molecule has 1 saturated carbocycles. The van der Waals surface area contributed by atoms with E-state index < -0.39 is 0 Å². The first-order valence-electron chi connectivity index (χ1n) is 5.24. The summed E-state index contributed by atoms with van der Waals surface area (Å²) in [6, 6.07) is 0. The van der Waals surface area contributed by atoms with E-state index in [1.807, 2.05) is 0 Å². The predicted molar refractivity (Wildman–Crippen MR) is 50.1 cm³/mol. The smallest absolute Gasteiger partial charge is 0.0686 e. The zero-order valence-electron chi connectivity index (χ0n) is 8.52. The fraction of sp³-hybridized carbons (Fsp3) is 1.00. The van der Waals surface area contributed by atoms with Gasteiger partial charge in [-0.25, -0.2) is 0 Å². The number of hydrogen-bond donors (Lipinski definition) is 0. The second-order valence-electron chi connectivity index (χ2n) is 5.07. The Bertz CT molecular complexity index is 181. The highest BCUT2D eigenvalue weighted by Crippen LogP contribution is 2.53. The minimum absolute atomic E-state index is 0.217. The van der Waals surface area contributed by atoms with Crippen molar-refractivity contribution in [1.82, 2.24) is 0 Å². The molecule has 1 aliphatic heterocycles. The molecule has 1 heteroatoms. The zero-order valence-corrected chi connectivity index (χ0v) is 8.52. The molecule has 2 bridgehead atoms. The Labute approximate surface area is 75.5 Å². The molecule has 3 unspecified atom stereocenters. The van der Waals surface area contributed by atoms with E-state index in [0.717, 1.165) is 12.5 Å². The molecule has 0 aromatic rings. The van der Waals surface area contributed by atoms with E-state index in [-0.39, 0.29) is 5.60 Å². The molecule has 0 aromatic heterocycles. The molecule has 1 saturated heterocycles. The number of hydrogen-bond acceptors (Lipinski definition) is 1. The van der Waals surface area contributed by atoms with Gasteiger partial charge in [0, 0.05) is 0 Å². The van der Waals surface area contributed by atoms with Crippen molar-refractivity contribution in [3.8, 4) is 0 Å². The molecule has 12 heavy (non-hydrogen) atoms. The normalized spacial score (nSPS) is 52.8. The largest absolute Gasteiger partial charge is 0.374 e. The third kappa shape index (κ3) is 1.02. The fourth-order valence-electron chi connectivity index (χ4n) is 2.87. The molecular weight excluding hydrogens is 148 g/mol. The number of ether oxygens (including phenoxy) is 1. The van der Waals surface area contributed by atoms with Crippen molar-refractivity contribution < 1.29 is 4.74 Å². The van der Waals surface area contributed by atoms with Gasteiger partial charge in [-0.15, -0.1) is 0 Å². The summed E-state index contributed by atoms with van der Waals surface area (Å²) in [4.78, 5) is 0. The van der Waals surface area contributed by atoms with Crippen molar-refractivity contribution in [1.29, 1.82) is 0 Å². The Morgan fingerprint density at radius 1 is 1.50 bits per heavy atom. The van der Waals surface area contributed by atoms with E-state index in [2.05, 4.69) is 20.8 Å². The Balaban J connectivity index is 2.20. The molecular formula is C11H20O. The third-order valence-corrected chi connectivity index (χ3v) is 4.33. The molecule has 2 aliphatic rings. The maximum Gasteiger partial charge on any atom is 0.0686 e. The van der Waals surface area contributed by atoms with Gasteiger partial charge in [-0.05, 0) is 43.9 Å². The van der Waals surface area contributed by atoms with Crippen molar-refractivity contribution in [2.45, 2.75) is 52.1 Å². The van der Waals surface area contributed by atoms with Gasteiger partial charge in [0.2, 0.25) is 0 Å². The monoisotopic (exact) mass is 168 g/mol. The van der Waals surface area contributed by atoms with Crippen molar-refractivity contribution in [2.24, 2.45) is 11.3 Å². The minimum atomic E-state index is 0.217. The zero-order chi connectivity index (χ0) is 8.82. The van der Waals surface area contributed by atoms with E-state index in [9.17, 15) is 0 Å². The number of rotatable bonds is 1. The highest BCUT2D eigenvalue weighted by molar-refractivity contribution is 5.01. The summed E-state index contributed by atoms with van der Waals surface area (Å²) in [6.07, 6.45) is 5.36. The molecule has 2 fully saturated rings. The topological polar surface area (TPSA) is 9.23 Å². The van der Waals surface area contributed by atoms with Gasteiger partial charge >= 0.3 is 0 Å². The highest BCUT2D eigenvalue weighted by atomic mass is 16.5. The lowest BCUT2D eigenvalue weighted by atomic mass is 9.66. The Morgan fingerprint density at radius 2 is 2.25 bits per heavy atom. The first-order chi connectivity index (χ1) is 5.60. The van der Waals surface area contributed by atoms with E-state index in [1.54, 1.807) is 0 Å². The van der Waals surface area contributed by atoms with Gasteiger partial charge in [0.15, 0.2) is 0 Å². The molecule has 0 radical (unpaired) electrons. The maximum absolute atomic E-state index is 5.97. The molecule has 2 rings (SSSR count). The molecule has 1 nitrogen and oxygen atoms in total. The summed E-state index contributed by atoms with van der Waals surface area (Å²) >= 11 is 0. The average Bonchev–Trinajstić information content (AvgIpc) is 2.36.